The van der Waals surface area contributed by atoms with Crippen LogP contribution in [0.4, 0.5) is 0 Å². The van der Waals surface area contributed by atoms with Crippen molar-refractivity contribution < 1.29 is 18.3 Å². The maximum absolute atomic E-state index is 12.7. The zero-order valence-electron chi connectivity index (χ0n) is 14.5. The zero-order chi connectivity index (χ0) is 18.7. The number of sulfonamides is 1. The van der Waals surface area contributed by atoms with E-state index in [0.717, 1.165) is 37.7 Å². The predicted octanol–water partition coefficient (Wildman–Crippen LogP) is 4.76. The van der Waals surface area contributed by atoms with Crippen molar-refractivity contribution in [2.24, 2.45) is 0 Å². The molecule has 0 spiro atoms. The van der Waals surface area contributed by atoms with Crippen LogP contribution in [0, 0.1) is 6.92 Å². The summed E-state index contributed by atoms with van der Waals surface area (Å²) < 4.78 is 33.9. The Bertz CT molecular complexity index is 872. The summed E-state index contributed by atoms with van der Waals surface area (Å²) in [7, 11) is -3.84. The van der Waals surface area contributed by atoms with Gasteiger partial charge in [-0.2, -0.15) is 0 Å². The standard InChI is InChI=1S/C19H22ClNO4S/c1-13-6-5-9-16(20)19(13)25-15-10-11-17(22)18(12-15)26(23,24)21-14-7-3-2-4-8-14/h5-6,9-12,14,21-22H,2-4,7-8H2,1H3. The second kappa shape index (κ2) is 7.86. The highest BCUT2D eigenvalue weighted by atomic mass is 35.5. The molecular weight excluding hydrogens is 374 g/mol. The van der Waals surface area contributed by atoms with E-state index < -0.39 is 10.0 Å². The van der Waals surface area contributed by atoms with Gasteiger partial charge in [0, 0.05) is 12.1 Å². The predicted molar refractivity (Wildman–Crippen MR) is 102 cm³/mol. The van der Waals surface area contributed by atoms with Gasteiger partial charge in [-0.25, -0.2) is 13.1 Å². The Balaban J connectivity index is 1.87. The lowest BCUT2D eigenvalue weighted by Gasteiger charge is -2.23. The molecule has 2 N–H and O–H groups in total. The Morgan fingerprint density at radius 2 is 1.88 bits per heavy atom. The quantitative estimate of drug-likeness (QED) is 0.765. The third kappa shape index (κ3) is 4.31. The number of phenols is 1. The summed E-state index contributed by atoms with van der Waals surface area (Å²) in [5.41, 5.74) is 0.829. The minimum absolute atomic E-state index is 0.0939. The van der Waals surface area contributed by atoms with Crippen LogP contribution in [0.1, 0.15) is 37.7 Å². The lowest BCUT2D eigenvalue weighted by atomic mass is 9.96. The van der Waals surface area contributed by atoms with E-state index in [9.17, 15) is 13.5 Å². The first kappa shape index (κ1) is 19.0. The van der Waals surface area contributed by atoms with Crippen LogP contribution < -0.4 is 9.46 Å². The number of hydrogen-bond donors (Lipinski definition) is 2. The molecule has 0 aromatic heterocycles. The molecule has 5 nitrogen and oxygen atoms in total. The summed E-state index contributed by atoms with van der Waals surface area (Å²) in [4.78, 5) is -0.190. The molecule has 26 heavy (non-hydrogen) atoms. The van der Waals surface area contributed by atoms with Crippen LogP contribution in [0.3, 0.4) is 0 Å². The molecule has 2 aromatic carbocycles. The van der Waals surface area contributed by atoms with E-state index in [2.05, 4.69) is 4.72 Å². The van der Waals surface area contributed by atoms with Crippen LogP contribution in [0.2, 0.25) is 5.02 Å². The van der Waals surface area contributed by atoms with Gasteiger partial charge in [0.25, 0.3) is 0 Å². The third-order valence-corrected chi connectivity index (χ3v) is 6.38. The molecule has 0 saturated heterocycles. The van der Waals surface area contributed by atoms with Crippen LogP contribution in [0.25, 0.3) is 0 Å². The number of hydrogen-bond acceptors (Lipinski definition) is 4. The van der Waals surface area contributed by atoms with Gasteiger partial charge >= 0.3 is 0 Å². The average molecular weight is 396 g/mol. The van der Waals surface area contributed by atoms with Crippen LogP contribution in [-0.2, 0) is 10.0 Å². The molecule has 1 aliphatic carbocycles. The van der Waals surface area contributed by atoms with Gasteiger partial charge in [0.15, 0.2) is 0 Å². The highest BCUT2D eigenvalue weighted by Crippen LogP contribution is 2.35. The normalized spacial score (nSPS) is 15.8. The van der Waals surface area contributed by atoms with Crippen molar-refractivity contribution in [3.63, 3.8) is 0 Å². The van der Waals surface area contributed by atoms with Crippen molar-refractivity contribution in [3.05, 3.63) is 47.0 Å². The summed E-state index contributed by atoms with van der Waals surface area (Å²) in [6.45, 7) is 1.85. The largest absolute Gasteiger partial charge is 0.507 e. The van der Waals surface area contributed by atoms with E-state index in [1.165, 1.54) is 18.2 Å². The second-order valence-corrected chi connectivity index (χ2v) is 8.66. The molecule has 0 unspecified atom stereocenters. The van der Waals surface area contributed by atoms with Gasteiger partial charge in [0.2, 0.25) is 10.0 Å². The first-order valence-electron chi connectivity index (χ1n) is 8.65. The molecule has 0 atom stereocenters. The van der Waals surface area contributed by atoms with Crippen molar-refractivity contribution in [3.8, 4) is 17.2 Å². The number of ether oxygens (including phenoxy) is 1. The summed E-state index contributed by atoms with van der Waals surface area (Å²) in [5, 5.41) is 10.5. The lowest BCUT2D eigenvalue weighted by molar-refractivity contribution is 0.409. The monoisotopic (exact) mass is 395 g/mol. The third-order valence-electron chi connectivity index (χ3n) is 4.53. The fourth-order valence-corrected chi connectivity index (χ4v) is 4.82. The fraction of sp³-hybridized carbons (Fsp3) is 0.368. The molecule has 2 aromatic rings. The number of halogens is 1. The Morgan fingerprint density at radius 1 is 1.15 bits per heavy atom. The molecule has 1 fully saturated rings. The minimum atomic E-state index is -3.84. The Hall–Kier alpha value is -1.76. The summed E-state index contributed by atoms with van der Waals surface area (Å²) in [6.07, 6.45) is 4.77. The van der Waals surface area contributed by atoms with Gasteiger partial charge < -0.3 is 9.84 Å². The molecule has 0 amide bonds. The van der Waals surface area contributed by atoms with Gasteiger partial charge in [-0.1, -0.05) is 43.0 Å². The van der Waals surface area contributed by atoms with E-state index in [4.69, 9.17) is 16.3 Å². The van der Waals surface area contributed by atoms with Crippen molar-refractivity contribution in [1.82, 2.24) is 4.72 Å². The van der Waals surface area contributed by atoms with Crippen LogP contribution in [-0.4, -0.2) is 19.6 Å². The van der Waals surface area contributed by atoms with Crippen LogP contribution in [0.5, 0.6) is 17.2 Å². The number of aromatic hydroxyl groups is 1. The maximum atomic E-state index is 12.7. The minimum Gasteiger partial charge on any atom is -0.507 e. The van der Waals surface area contributed by atoms with Crippen molar-refractivity contribution in [2.45, 2.75) is 50.0 Å². The number of rotatable bonds is 5. The number of benzene rings is 2. The zero-order valence-corrected chi connectivity index (χ0v) is 16.1. The molecular formula is C19H22ClNO4S. The molecule has 0 heterocycles. The van der Waals surface area contributed by atoms with Gasteiger partial charge in [-0.3, -0.25) is 0 Å². The van der Waals surface area contributed by atoms with Crippen LogP contribution >= 0.6 is 11.6 Å². The fourth-order valence-electron chi connectivity index (χ4n) is 3.14. The first-order chi connectivity index (χ1) is 12.4. The van der Waals surface area contributed by atoms with E-state index in [-0.39, 0.29) is 16.7 Å². The molecule has 0 radical (unpaired) electrons. The molecule has 7 heteroatoms. The Labute approximate surface area is 159 Å². The Morgan fingerprint density at radius 3 is 2.58 bits per heavy atom. The van der Waals surface area contributed by atoms with E-state index in [1.807, 2.05) is 19.1 Å². The van der Waals surface area contributed by atoms with Crippen LogP contribution in [0.15, 0.2) is 41.3 Å². The topological polar surface area (TPSA) is 75.6 Å². The molecule has 140 valence electrons. The van der Waals surface area contributed by atoms with E-state index >= 15 is 0 Å². The molecule has 0 aliphatic heterocycles. The summed E-state index contributed by atoms with van der Waals surface area (Å²) >= 11 is 6.16. The Kier molecular flexibility index (Phi) is 5.75. The van der Waals surface area contributed by atoms with Crippen molar-refractivity contribution in [2.75, 3.05) is 0 Å². The van der Waals surface area contributed by atoms with Crippen molar-refractivity contribution in [1.29, 1.82) is 0 Å². The highest BCUT2D eigenvalue weighted by Gasteiger charge is 2.25. The van der Waals surface area contributed by atoms with Crippen molar-refractivity contribution >= 4 is 21.6 Å². The summed E-state index contributed by atoms with van der Waals surface area (Å²) in [5.74, 6) is 0.447. The van der Waals surface area contributed by atoms with E-state index in [1.54, 1.807) is 6.07 Å². The smallest absolute Gasteiger partial charge is 0.244 e. The molecule has 1 aliphatic rings. The van der Waals surface area contributed by atoms with Gasteiger partial charge in [-0.05, 0) is 43.5 Å². The van der Waals surface area contributed by atoms with Gasteiger partial charge in [0.1, 0.15) is 22.1 Å². The second-order valence-electron chi connectivity index (χ2n) is 6.57. The highest BCUT2D eigenvalue weighted by molar-refractivity contribution is 7.89. The molecule has 0 bridgehead atoms. The van der Waals surface area contributed by atoms with E-state index in [0.29, 0.717) is 16.5 Å². The number of aryl methyl sites for hydroxylation is 1. The summed E-state index contributed by atoms with van der Waals surface area (Å²) in [6, 6.07) is 9.42. The molecule has 1 saturated carbocycles. The SMILES string of the molecule is Cc1cccc(Cl)c1Oc1ccc(O)c(S(=O)(=O)NC2CCCCC2)c1. The number of nitrogens with one attached hydrogen (secondary N) is 1. The first-order valence-corrected chi connectivity index (χ1v) is 10.5. The average Bonchev–Trinajstić information content (AvgIpc) is 2.60. The lowest BCUT2D eigenvalue weighted by Crippen LogP contribution is -2.36. The number of para-hydroxylation sites is 1. The van der Waals surface area contributed by atoms with Gasteiger partial charge in [-0.15, -0.1) is 0 Å². The maximum Gasteiger partial charge on any atom is 0.244 e. The number of phenolic OH excluding ortho intramolecular Hbond substituents is 1. The molecule has 3 rings (SSSR count). The van der Waals surface area contributed by atoms with Gasteiger partial charge in [0.05, 0.1) is 5.02 Å².